The molecule has 1 fully saturated rings. The molecule has 0 bridgehead atoms. The maximum atomic E-state index is 11.9. The van der Waals surface area contributed by atoms with E-state index in [9.17, 15) is 9.90 Å². The van der Waals surface area contributed by atoms with Gasteiger partial charge in [0.1, 0.15) is 5.75 Å². The van der Waals surface area contributed by atoms with Crippen molar-refractivity contribution in [3.63, 3.8) is 0 Å². The molecule has 4 nitrogen and oxygen atoms in total. The van der Waals surface area contributed by atoms with Crippen molar-refractivity contribution in [1.82, 2.24) is 5.32 Å². The van der Waals surface area contributed by atoms with Gasteiger partial charge in [0.05, 0.1) is 18.5 Å². The third-order valence-corrected chi connectivity index (χ3v) is 4.58. The second-order valence-electron chi connectivity index (χ2n) is 5.27. The number of carbonyl (C=O) groups excluding carboxylic acids is 1. The summed E-state index contributed by atoms with van der Waals surface area (Å²) in [5.41, 5.74) is 0. The number of carbonyl (C=O) groups is 1. The minimum atomic E-state index is -0.184. The molecule has 1 saturated carbocycles. The summed E-state index contributed by atoms with van der Waals surface area (Å²) >= 11 is 1.53. The predicted molar refractivity (Wildman–Crippen MR) is 84.7 cm³/mol. The van der Waals surface area contributed by atoms with Gasteiger partial charge in [0, 0.05) is 10.9 Å². The van der Waals surface area contributed by atoms with Gasteiger partial charge in [0.2, 0.25) is 5.91 Å². The summed E-state index contributed by atoms with van der Waals surface area (Å²) in [5, 5.41) is 12.5. The normalized spacial score (nSPS) is 21.8. The first kappa shape index (κ1) is 16.2. The van der Waals surface area contributed by atoms with Crippen LogP contribution in [0.5, 0.6) is 5.75 Å². The van der Waals surface area contributed by atoms with Gasteiger partial charge >= 0.3 is 0 Å². The van der Waals surface area contributed by atoms with E-state index in [0.29, 0.717) is 12.4 Å². The van der Waals surface area contributed by atoms with Gasteiger partial charge in [-0.05, 0) is 56.9 Å². The first-order valence-electron chi connectivity index (χ1n) is 7.50. The van der Waals surface area contributed by atoms with Crippen molar-refractivity contribution in [2.75, 3.05) is 12.4 Å². The fraction of sp³-hybridized carbons (Fsp3) is 0.562. The topological polar surface area (TPSA) is 58.6 Å². The lowest BCUT2D eigenvalue weighted by molar-refractivity contribution is -0.119. The third-order valence-electron chi connectivity index (χ3n) is 3.57. The molecule has 0 spiro atoms. The highest BCUT2D eigenvalue weighted by Gasteiger charge is 2.20. The van der Waals surface area contributed by atoms with E-state index in [4.69, 9.17) is 4.74 Å². The van der Waals surface area contributed by atoms with E-state index in [2.05, 4.69) is 5.32 Å². The minimum absolute atomic E-state index is 0.0651. The monoisotopic (exact) mass is 309 g/mol. The molecule has 21 heavy (non-hydrogen) atoms. The number of rotatable bonds is 6. The van der Waals surface area contributed by atoms with Gasteiger partial charge in [0.25, 0.3) is 0 Å². The van der Waals surface area contributed by atoms with Crippen LogP contribution in [-0.2, 0) is 4.79 Å². The van der Waals surface area contributed by atoms with E-state index < -0.39 is 0 Å². The SMILES string of the molecule is CCOc1ccc(SCC(=O)NC2CCC(O)CC2)cc1. The molecular formula is C16H23NO3S. The average Bonchev–Trinajstić information content (AvgIpc) is 2.49. The van der Waals surface area contributed by atoms with Crippen molar-refractivity contribution in [2.45, 2.75) is 49.6 Å². The van der Waals surface area contributed by atoms with Gasteiger partial charge in [-0.15, -0.1) is 11.8 Å². The number of aliphatic hydroxyl groups excluding tert-OH is 1. The van der Waals surface area contributed by atoms with Crippen LogP contribution in [0.1, 0.15) is 32.6 Å². The summed E-state index contributed by atoms with van der Waals surface area (Å²) in [5.74, 6) is 1.34. The van der Waals surface area contributed by atoms with Gasteiger partial charge in [-0.3, -0.25) is 4.79 Å². The molecule has 0 atom stereocenters. The lowest BCUT2D eigenvalue weighted by Gasteiger charge is -2.26. The Balaban J connectivity index is 1.71. The van der Waals surface area contributed by atoms with Crippen LogP contribution >= 0.6 is 11.8 Å². The molecule has 1 aliphatic rings. The number of benzene rings is 1. The van der Waals surface area contributed by atoms with E-state index in [1.54, 1.807) is 0 Å². The van der Waals surface area contributed by atoms with Crippen molar-refractivity contribution in [3.05, 3.63) is 24.3 Å². The lowest BCUT2D eigenvalue weighted by Crippen LogP contribution is -2.39. The van der Waals surface area contributed by atoms with Gasteiger partial charge < -0.3 is 15.2 Å². The van der Waals surface area contributed by atoms with Crippen LogP contribution in [-0.4, -0.2) is 35.5 Å². The van der Waals surface area contributed by atoms with Crippen LogP contribution in [0.15, 0.2) is 29.2 Å². The Hall–Kier alpha value is -1.20. The number of thioether (sulfide) groups is 1. The molecule has 5 heteroatoms. The molecule has 0 heterocycles. The number of hydrogen-bond donors (Lipinski definition) is 2. The van der Waals surface area contributed by atoms with Gasteiger partial charge in [-0.25, -0.2) is 0 Å². The summed E-state index contributed by atoms with van der Waals surface area (Å²) in [7, 11) is 0. The third kappa shape index (κ3) is 5.59. The van der Waals surface area contributed by atoms with Crippen LogP contribution in [0.3, 0.4) is 0 Å². The Morgan fingerprint density at radius 1 is 1.29 bits per heavy atom. The molecule has 2 rings (SSSR count). The summed E-state index contributed by atoms with van der Waals surface area (Å²) < 4.78 is 5.39. The fourth-order valence-corrected chi connectivity index (χ4v) is 3.15. The molecule has 116 valence electrons. The molecule has 1 aromatic carbocycles. The predicted octanol–water partition coefficient (Wildman–Crippen LogP) is 2.60. The van der Waals surface area contributed by atoms with Crippen LogP contribution in [0.4, 0.5) is 0 Å². The summed E-state index contributed by atoms with van der Waals surface area (Å²) in [4.78, 5) is 13.0. The minimum Gasteiger partial charge on any atom is -0.494 e. The van der Waals surface area contributed by atoms with Crippen LogP contribution in [0.25, 0.3) is 0 Å². The zero-order chi connectivity index (χ0) is 15.1. The average molecular weight is 309 g/mol. The van der Waals surface area contributed by atoms with E-state index in [-0.39, 0.29) is 18.1 Å². The summed E-state index contributed by atoms with van der Waals surface area (Å²) in [6.07, 6.45) is 3.14. The first-order valence-corrected chi connectivity index (χ1v) is 8.49. The number of amides is 1. The molecule has 0 saturated heterocycles. The van der Waals surface area contributed by atoms with Crippen molar-refractivity contribution < 1.29 is 14.6 Å². The Morgan fingerprint density at radius 2 is 1.95 bits per heavy atom. The van der Waals surface area contributed by atoms with Gasteiger partial charge in [-0.1, -0.05) is 0 Å². The Labute approximate surface area is 130 Å². The molecule has 1 aromatic rings. The smallest absolute Gasteiger partial charge is 0.230 e. The maximum Gasteiger partial charge on any atom is 0.230 e. The van der Waals surface area contributed by atoms with Crippen LogP contribution in [0, 0.1) is 0 Å². The van der Waals surface area contributed by atoms with Crippen LogP contribution < -0.4 is 10.1 Å². The zero-order valence-corrected chi connectivity index (χ0v) is 13.2. The molecule has 0 aliphatic heterocycles. The molecule has 1 amide bonds. The molecular weight excluding hydrogens is 286 g/mol. The molecule has 0 aromatic heterocycles. The van der Waals surface area contributed by atoms with Crippen molar-refractivity contribution in [1.29, 1.82) is 0 Å². The number of nitrogens with one attached hydrogen (secondary N) is 1. The van der Waals surface area contributed by atoms with E-state index in [0.717, 1.165) is 36.3 Å². The Bertz CT molecular complexity index is 441. The highest BCUT2D eigenvalue weighted by molar-refractivity contribution is 8.00. The van der Waals surface area contributed by atoms with Crippen LogP contribution in [0.2, 0.25) is 0 Å². The highest BCUT2D eigenvalue weighted by Crippen LogP contribution is 2.22. The second-order valence-corrected chi connectivity index (χ2v) is 6.31. The molecule has 1 aliphatic carbocycles. The largest absolute Gasteiger partial charge is 0.494 e. The summed E-state index contributed by atoms with van der Waals surface area (Å²) in [6, 6.07) is 8.01. The lowest BCUT2D eigenvalue weighted by atomic mass is 9.93. The number of aliphatic hydroxyl groups is 1. The Morgan fingerprint density at radius 3 is 2.57 bits per heavy atom. The van der Waals surface area contributed by atoms with Crippen molar-refractivity contribution in [2.24, 2.45) is 0 Å². The fourth-order valence-electron chi connectivity index (χ4n) is 2.44. The number of hydrogen-bond acceptors (Lipinski definition) is 4. The first-order chi connectivity index (χ1) is 10.2. The highest BCUT2D eigenvalue weighted by atomic mass is 32.2. The number of ether oxygens (including phenoxy) is 1. The van der Waals surface area contributed by atoms with Gasteiger partial charge in [0.15, 0.2) is 0 Å². The molecule has 0 radical (unpaired) electrons. The standard InChI is InChI=1S/C16H23NO3S/c1-2-20-14-7-9-15(10-8-14)21-11-16(19)17-12-3-5-13(18)6-4-12/h7-10,12-13,18H,2-6,11H2,1H3,(H,17,19). The molecule has 2 N–H and O–H groups in total. The Kier molecular flexibility index (Phi) is 6.39. The van der Waals surface area contributed by atoms with Crippen molar-refractivity contribution in [3.8, 4) is 5.75 Å². The van der Waals surface area contributed by atoms with Gasteiger partial charge in [-0.2, -0.15) is 0 Å². The van der Waals surface area contributed by atoms with Crippen molar-refractivity contribution >= 4 is 17.7 Å². The zero-order valence-electron chi connectivity index (χ0n) is 12.4. The molecule has 0 unspecified atom stereocenters. The maximum absolute atomic E-state index is 11.9. The second kappa shape index (κ2) is 8.29. The van der Waals surface area contributed by atoms with E-state index >= 15 is 0 Å². The van der Waals surface area contributed by atoms with E-state index in [1.165, 1.54) is 11.8 Å². The summed E-state index contributed by atoms with van der Waals surface area (Å²) in [6.45, 7) is 2.61. The van der Waals surface area contributed by atoms with E-state index in [1.807, 2.05) is 31.2 Å². The quantitative estimate of drug-likeness (QED) is 0.793.